The molecular weight excluding hydrogens is 258 g/mol. The fraction of sp³-hybridized carbons (Fsp3) is 0.357. The average Bonchev–Trinajstić information content (AvgIpc) is 3.22. The molecule has 0 radical (unpaired) electrons. The molecule has 6 nitrogen and oxygen atoms in total. The summed E-state index contributed by atoms with van der Waals surface area (Å²) >= 11 is 0. The topological polar surface area (TPSA) is 88.2 Å². The van der Waals surface area contributed by atoms with E-state index in [1.54, 1.807) is 24.5 Å². The first-order valence-corrected chi connectivity index (χ1v) is 6.55. The summed E-state index contributed by atoms with van der Waals surface area (Å²) < 4.78 is 5.26. The van der Waals surface area contributed by atoms with E-state index in [4.69, 9.17) is 4.42 Å². The molecule has 0 bridgehead atoms. The maximum absolute atomic E-state index is 12.0. The predicted molar refractivity (Wildman–Crippen MR) is 70.0 cm³/mol. The Morgan fingerprint density at radius 2 is 2.40 bits per heavy atom. The molecule has 1 atom stereocenters. The van der Waals surface area contributed by atoms with Crippen LogP contribution in [0.1, 0.15) is 46.7 Å². The van der Waals surface area contributed by atoms with Gasteiger partial charge in [0.2, 0.25) is 0 Å². The molecule has 2 heterocycles. The molecule has 0 saturated heterocycles. The van der Waals surface area contributed by atoms with Crippen molar-refractivity contribution in [3.63, 3.8) is 0 Å². The molecule has 1 amide bonds. The van der Waals surface area contributed by atoms with Gasteiger partial charge in [-0.15, -0.1) is 0 Å². The molecule has 20 heavy (non-hydrogen) atoms. The van der Waals surface area contributed by atoms with Crippen LogP contribution in [-0.2, 0) is 0 Å². The monoisotopic (exact) mass is 273 g/mol. The quantitative estimate of drug-likeness (QED) is 0.860. The van der Waals surface area contributed by atoms with Crippen LogP contribution in [0.5, 0.6) is 0 Å². The van der Waals surface area contributed by atoms with Gasteiger partial charge in [-0.3, -0.25) is 9.78 Å². The lowest BCUT2D eigenvalue weighted by molar-refractivity contribution is 0.0909. The van der Waals surface area contributed by atoms with Crippen molar-refractivity contribution in [3.05, 3.63) is 47.9 Å². The van der Waals surface area contributed by atoms with Crippen molar-refractivity contribution in [3.8, 4) is 0 Å². The van der Waals surface area contributed by atoms with E-state index in [-0.39, 0.29) is 12.5 Å². The van der Waals surface area contributed by atoms with Crippen molar-refractivity contribution in [2.45, 2.75) is 24.9 Å². The molecule has 0 aliphatic heterocycles. The van der Waals surface area contributed by atoms with Crippen LogP contribution in [-0.4, -0.2) is 27.5 Å². The fourth-order valence-corrected chi connectivity index (χ4v) is 2.02. The highest BCUT2D eigenvalue weighted by Gasteiger charge is 2.32. The lowest BCUT2D eigenvalue weighted by Gasteiger charge is -2.11. The van der Waals surface area contributed by atoms with Crippen LogP contribution in [0.2, 0.25) is 0 Å². The Hall–Kier alpha value is -2.21. The molecule has 1 unspecified atom stereocenters. The summed E-state index contributed by atoms with van der Waals surface area (Å²) in [5.41, 5.74) is 0.987. The van der Waals surface area contributed by atoms with Crippen LogP contribution in [0.4, 0.5) is 0 Å². The highest BCUT2D eigenvalue weighted by Crippen LogP contribution is 2.41. The molecular formula is C14H15N3O3. The van der Waals surface area contributed by atoms with Crippen LogP contribution < -0.4 is 5.32 Å². The van der Waals surface area contributed by atoms with Gasteiger partial charge in [0, 0.05) is 30.4 Å². The summed E-state index contributed by atoms with van der Waals surface area (Å²) in [6.07, 6.45) is 5.78. The van der Waals surface area contributed by atoms with Crippen molar-refractivity contribution < 1.29 is 14.3 Å². The van der Waals surface area contributed by atoms with Gasteiger partial charge in [-0.1, -0.05) is 6.07 Å². The summed E-state index contributed by atoms with van der Waals surface area (Å²) in [6, 6.07) is 3.50. The zero-order valence-electron chi connectivity index (χ0n) is 10.8. The summed E-state index contributed by atoms with van der Waals surface area (Å²) in [4.78, 5) is 19.9. The summed E-state index contributed by atoms with van der Waals surface area (Å²) in [5.74, 6) is 0.656. The van der Waals surface area contributed by atoms with Crippen molar-refractivity contribution in [1.82, 2.24) is 15.3 Å². The molecule has 1 saturated carbocycles. The Morgan fingerprint density at radius 3 is 3.10 bits per heavy atom. The van der Waals surface area contributed by atoms with E-state index in [1.807, 2.05) is 0 Å². The van der Waals surface area contributed by atoms with E-state index in [0.29, 0.717) is 22.9 Å². The van der Waals surface area contributed by atoms with Gasteiger partial charge in [0.1, 0.15) is 5.76 Å². The first kappa shape index (κ1) is 12.8. The normalized spacial score (nSPS) is 15.8. The van der Waals surface area contributed by atoms with Crippen molar-refractivity contribution in [2.75, 3.05) is 6.54 Å². The third kappa shape index (κ3) is 2.70. The molecule has 3 rings (SSSR count). The minimum Gasteiger partial charge on any atom is -0.447 e. The summed E-state index contributed by atoms with van der Waals surface area (Å²) in [5, 5.41) is 12.6. The highest BCUT2D eigenvalue weighted by atomic mass is 16.3. The Balaban J connectivity index is 1.60. The van der Waals surface area contributed by atoms with Crippen molar-refractivity contribution in [2.24, 2.45) is 0 Å². The molecule has 0 spiro atoms. The van der Waals surface area contributed by atoms with Gasteiger partial charge < -0.3 is 14.8 Å². The van der Waals surface area contributed by atoms with Gasteiger partial charge in [0.05, 0.1) is 6.10 Å². The molecule has 1 aliphatic carbocycles. The van der Waals surface area contributed by atoms with E-state index >= 15 is 0 Å². The third-order valence-electron chi connectivity index (χ3n) is 3.28. The minimum absolute atomic E-state index is 0.113. The number of amides is 1. The number of rotatable bonds is 5. The standard InChI is InChI=1S/C14H15N3O3/c18-11(10-2-1-5-15-6-10)7-16-14(19)12-13(9-3-4-9)20-8-17-12/h1-2,5-6,8-9,11,18H,3-4,7H2,(H,16,19). The van der Waals surface area contributed by atoms with Gasteiger partial charge in [-0.2, -0.15) is 0 Å². The average molecular weight is 273 g/mol. The zero-order valence-corrected chi connectivity index (χ0v) is 10.8. The van der Waals surface area contributed by atoms with E-state index in [1.165, 1.54) is 6.39 Å². The van der Waals surface area contributed by atoms with Crippen molar-refractivity contribution >= 4 is 5.91 Å². The van der Waals surface area contributed by atoms with Gasteiger partial charge in [-0.05, 0) is 18.9 Å². The number of aromatic nitrogens is 2. The summed E-state index contributed by atoms with van der Waals surface area (Å²) in [6.45, 7) is 0.113. The number of aliphatic hydroxyl groups excluding tert-OH is 1. The van der Waals surface area contributed by atoms with Gasteiger partial charge in [0.15, 0.2) is 12.1 Å². The van der Waals surface area contributed by atoms with Crippen LogP contribution in [0.25, 0.3) is 0 Å². The van der Waals surface area contributed by atoms with Gasteiger partial charge in [0.25, 0.3) is 5.91 Å². The van der Waals surface area contributed by atoms with Crippen LogP contribution in [0.15, 0.2) is 35.3 Å². The largest absolute Gasteiger partial charge is 0.447 e. The maximum atomic E-state index is 12.0. The number of hydrogen-bond donors (Lipinski definition) is 2. The molecule has 6 heteroatoms. The SMILES string of the molecule is O=C(NCC(O)c1cccnc1)c1ncoc1C1CC1. The number of hydrogen-bond acceptors (Lipinski definition) is 5. The number of carbonyl (C=O) groups is 1. The minimum atomic E-state index is -0.788. The van der Waals surface area contributed by atoms with Gasteiger partial charge >= 0.3 is 0 Å². The molecule has 104 valence electrons. The molecule has 1 fully saturated rings. The van der Waals surface area contributed by atoms with Crippen LogP contribution in [0.3, 0.4) is 0 Å². The molecule has 0 aromatic carbocycles. The second-order valence-electron chi connectivity index (χ2n) is 4.85. The van der Waals surface area contributed by atoms with E-state index in [2.05, 4.69) is 15.3 Å². The lowest BCUT2D eigenvalue weighted by Crippen LogP contribution is -2.29. The van der Waals surface area contributed by atoms with E-state index in [0.717, 1.165) is 12.8 Å². The number of oxazole rings is 1. The smallest absolute Gasteiger partial charge is 0.273 e. The number of aliphatic hydroxyl groups is 1. The van der Waals surface area contributed by atoms with Crippen LogP contribution >= 0.6 is 0 Å². The molecule has 2 aromatic heterocycles. The van der Waals surface area contributed by atoms with Gasteiger partial charge in [-0.25, -0.2) is 4.98 Å². The lowest BCUT2D eigenvalue weighted by atomic mass is 10.1. The fourth-order valence-electron chi connectivity index (χ4n) is 2.02. The maximum Gasteiger partial charge on any atom is 0.273 e. The second kappa shape index (κ2) is 5.42. The van der Waals surface area contributed by atoms with Crippen LogP contribution in [0, 0.1) is 0 Å². The third-order valence-corrected chi connectivity index (χ3v) is 3.28. The molecule has 2 N–H and O–H groups in total. The zero-order chi connectivity index (χ0) is 13.9. The van der Waals surface area contributed by atoms with E-state index < -0.39 is 6.10 Å². The first-order chi connectivity index (χ1) is 9.75. The Kier molecular flexibility index (Phi) is 3.47. The molecule has 2 aromatic rings. The molecule has 1 aliphatic rings. The number of nitrogens with one attached hydrogen (secondary N) is 1. The first-order valence-electron chi connectivity index (χ1n) is 6.55. The Labute approximate surface area is 115 Å². The Bertz CT molecular complexity index is 593. The summed E-state index contributed by atoms with van der Waals surface area (Å²) in [7, 11) is 0. The predicted octanol–water partition coefficient (Wildman–Crippen LogP) is 1.41. The highest BCUT2D eigenvalue weighted by molar-refractivity contribution is 5.93. The van der Waals surface area contributed by atoms with Crippen molar-refractivity contribution in [1.29, 1.82) is 0 Å². The van der Waals surface area contributed by atoms with E-state index in [9.17, 15) is 9.90 Å². The number of carbonyl (C=O) groups excluding carboxylic acids is 1. The second-order valence-corrected chi connectivity index (χ2v) is 4.85. The Morgan fingerprint density at radius 1 is 1.55 bits per heavy atom. The number of nitrogens with zero attached hydrogens (tertiary/aromatic N) is 2. The number of pyridine rings is 1.